The van der Waals surface area contributed by atoms with Crippen molar-refractivity contribution in [1.82, 2.24) is 5.32 Å². The van der Waals surface area contributed by atoms with Crippen LogP contribution in [0.5, 0.6) is 0 Å². The summed E-state index contributed by atoms with van der Waals surface area (Å²) in [5.74, 6) is 0. The van der Waals surface area contributed by atoms with Crippen LogP contribution < -0.4 is 5.32 Å². The monoisotopic (exact) mass is 119 g/mol. The van der Waals surface area contributed by atoms with Gasteiger partial charge in [0.1, 0.15) is 6.73 Å². The maximum absolute atomic E-state index is 9.61. The number of carbonyl (C=O) groups is 1. The molecule has 4 heteroatoms. The first-order valence-electron chi connectivity index (χ1n) is 2.33. The molecule has 48 valence electrons. The zero-order chi connectivity index (χ0) is 6.41. The van der Waals surface area contributed by atoms with Gasteiger partial charge in [-0.05, 0) is 6.54 Å². The lowest BCUT2D eigenvalue weighted by Crippen LogP contribution is -2.19. The Morgan fingerprint density at radius 3 is 2.88 bits per heavy atom. The molecule has 2 N–H and O–H groups in total. The molecule has 0 aliphatic carbocycles. The second-order valence-corrected chi connectivity index (χ2v) is 1.16. The minimum atomic E-state index is -1.24. The van der Waals surface area contributed by atoms with Gasteiger partial charge in [0.25, 0.3) is 0 Å². The minimum Gasteiger partial charge on any atom is -0.450 e. The molecule has 0 aliphatic rings. The van der Waals surface area contributed by atoms with Gasteiger partial charge in [0.15, 0.2) is 0 Å². The van der Waals surface area contributed by atoms with E-state index in [4.69, 9.17) is 5.11 Å². The number of rotatable bonds is 3. The molecule has 0 aromatic rings. The highest BCUT2D eigenvalue weighted by molar-refractivity contribution is 5.56. The summed E-state index contributed by atoms with van der Waals surface area (Å²) < 4.78 is 4.09. The van der Waals surface area contributed by atoms with E-state index in [2.05, 4.69) is 10.1 Å². The molecule has 0 rings (SSSR count). The number of carboxylic acid groups (broad SMARTS) is 1. The van der Waals surface area contributed by atoms with Crippen LogP contribution in [0.1, 0.15) is 6.92 Å². The van der Waals surface area contributed by atoms with Crippen molar-refractivity contribution >= 4 is 6.16 Å². The molecule has 0 heterocycles. The Morgan fingerprint density at radius 2 is 2.50 bits per heavy atom. The SMILES string of the molecule is CCNCOC(=O)O. The third-order valence-electron chi connectivity index (χ3n) is 0.548. The van der Waals surface area contributed by atoms with E-state index in [0.717, 1.165) is 0 Å². The molecule has 0 aromatic heterocycles. The van der Waals surface area contributed by atoms with E-state index >= 15 is 0 Å². The highest BCUT2D eigenvalue weighted by Gasteiger charge is 1.90. The lowest BCUT2D eigenvalue weighted by atomic mass is 10.8. The second kappa shape index (κ2) is 4.39. The third-order valence-corrected chi connectivity index (χ3v) is 0.548. The van der Waals surface area contributed by atoms with Gasteiger partial charge in [0.05, 0.1) is 0 Å². The largest absolute Gasteiger partial charge is 0.507 e. The van der Waals surface area contributed by atoms with Crippen LogP contribution in [-0.4, -0.2) is 24.5 Å². The van der Waals surface area contributed by atoms with E-state index in [1.165, 1.54) is 0 Å². The average Bonchev–Trinajstić information content (AvgIpc) is 1.66. The van der Waals surface area contributed by atoms with Crippen molar-refractivity contribution < 1.29 is 14.6 Å². The van der Waals surface area contributed by atoms with E-state index in [1.54, 1.807) is 0 Å². The Balaban J connectivity index is 2.82. The van der Waals surface area contributed by atoms with Gasteiger partial charge in [0.2, 0.25) is 0 Å². The molecule has 0 saturated carbocycles. The van der Waals surface area contributed by atoms with Crippen molar-refractivity contribution in [2.45, 2.75) is 6.92 Å². The summed E-state index contributed by atoms with van der Waals surface area (Å²) in [5, 5.41) is 10.6. The molecular formula is C4H9NO3. The Morgan fingerprint density at radius 1 is 1.88 bits per heavy atom. The van der Waals surface area contributed by atoms with Gasteiger partial charge in [-0.3, -0.25) is 5.32 Å². The average molecular weight is 119 g/mol. The smallest absolute Gasteiger partial charge is 0.450 e. The van der Waals surface area contributed by atoms with Crippen molar-refractivity contribution in [1.29, 1.82) is 0 Å². The number of nitrogens with one attached hydrogen (secondary N) is 1. The van der Waals surface area contributed by atoms with Crippen molar-refractivity contribution in [3.8, 4) is 0 Å². The van der Waals surface area contributed by atoms with Gasteiger partial charge in [-0.25, -0.2) is 4.79 Å². The highest BCUT2D eigenvalue weighted by atomic mass is 16.7. The first-order chi connectivity index (χ1) is 3.77. The fraction of sp³-hybridized carbons (Fsp3) is 0.750. The van der Waals surface area contributed by atoms with Crippen molar-refractivity contribution in [2.24, 2.45) is 0 Å². The van der Waals surface area contributed by atoms with Crippen LogP contribution in [0.15, 0.2) is 0 Å². The fourth-order valence-electron chi connectivity index (χ4n) is 0.215. The van der Waals surface area contributed by atoms with Crippen molar-refractivity contribution in [3.05, 3.63) is 0 Å². The molecule has 4 nitrogen and oxygen atoms in total. The Bertz CT molecular complexity index is 73.7. The van der Waals surface area contributed by atoms with E-state index in [9.17, 15) is 4.79 Å². The van der Waals surface area contributed by atoms with Crippen LogP contribution in [-0.2, 0) is 4.74 Å². The molecule has 0 saturated heterocycles. The van der Waals surface area contributed by atoms with E-state index in [0.29, 0.717) is 6.54 Å². The molecule has 0 bridgehead atoms. The third kappa shape index (κ3) is 5.23. The van der Waals surface area contributed by atoms with Crippen LogP contribution in [0.25, 0.3) is 0 Å². The molecule has 0 atom stereocenters. The van der Waals surface area contributed by atoms with E-state index in [1.807, 2.05) is 6.92 Å². The molecule has 0 aliphatic heterocycles. The lowest BCUT2D eigenvalue weighted by Gasteiger charge is -1.97. The van der Waals surface area contributed by atoms with Crippen LogP contribution in [0.2, 0.25) is 0 Å². The van der Waals surface area contributed by atoms with Crippen LogP contribution >= 0.6 is 0 Å². The molecule has 0 spiro atoms. The van der Waals surface area contributed by atoms with E-state index in [-0.39, 0.29) is 6.73 Å². The summed E-state index contributed by atoms with van der Waals surface area (Å²) in [4.78, 5) is 9.61. The first kappa shape index (κ1) is 7.23. The van der Waals surface area contributed by atoms with E-state index < -0.39 is 6.16 Å². The minimum absolute atomic E-state index is 0.0752. The quantitative estimate of drug-likeness (QED) is 0.317. The zero-order valence-electron chi connectivity index (χ0n) is 4.68. The molecule has 0 radical (unpaired) electrons. The van der Waals surface area contributed by atoms with Gasteiger partial charge >= 0.3 is 6.16 Å². The summed E-state index contributed by atoms with van der Waals surface area (Å²) in [6.07, 6.45) is -1.24. The fourth-order valence-corrected chi connectivity index (χ4v) is 0.215. The summed E-state index contributed by atoms with van der Waals surface area (Å²) in [6, 6.07) is 0. The van der Waals surface area contributed by atoms with Crippen LogP contribution in [0.3, 0.4) is 0 Å². The summed E-state index contributed by atoms with van der Waals surface area (Å²) in [7, 11) is 0. The van der Waals surface area contributed by atoms with Gasteiger partial charge in [-0.15, -0.1) is 0 Å². The first-order valence-corrected chi connectivity index (χ1v) is 2.33. The predicted molar refractivity (Wildman–Crippen MR) is 27.7 cm³/mol. The summed E-state index contributed by atoms with van der Waals surface area (Å²) in [5.41, 5.74) is 0. The van der Waals surface area contributed by atoms with Gasteiger partial charge in [-0.2, -0.15) is 0 Å². The highest BCUT2D eigenvalue weighted by Crippen LogP contribution is 1.69. The van der Waals surface area contributed by atoms with Crippen molar-refractivity contribution in [2.75, 3.05) is 13.3 Å². The molecule has 0 fully saturated rings. The van der Waals surface area contributed by atoms with Crippen LogP contribution in [0.4, 0.5) is 4.79 Å². The Kier molecular flexibility index (Phi) is 3.97. The zero-order valence-corrected chi connectivity index (χ0v) is 4.68. The molecular weight excluding hydrogens is 110 g/mol. The normalized spacial score (nSPS) is 8.62. The van der Waals surface area contributed by atoms with Gasteiger partial charge in [0, 0.05) is 0 Å². The maximum Gasteiger partial charge on any atom is 0.507 e. The predicted octanol–water partition coefficient (Wildman–Crippen LogP) is 0.248. The molecule has 8 heavy (non-hydrogen) atoms. The summed E-state index contributed by atoms with van der Waals surface area (Å²) >= 11 is 0. The standard InChI is InChI=1S/C4H9NO3/c1-2-5-3-8-4(6)7/h5H,2-3H2,1H3,(H,6,7). The molecule has 0 amide bonds. The lowest BCUT2D eigenvalue weighted by molar-refractivity contribution is 0.0850. The number of hydrogen-bond donors (Lipinski definition) is 2. The Hall–Kier alpha value is -0.770. The van der Waals surface area contributed by atoms with Crippen LogP contribution in [0, 0.1) is 0 Å². The summed E-state index contributed by atoms with van der Waals surface area (Å²) in [6.45, 7) is 2.66. The number of hydrogen-bond acceptors (Lipinski definition) is 3. The van der Waals surface area contributed by atoms with Gasteiger partial charge in [-0.1, -0.05) is 6.92 Å². The topological polar surface area (TPSA) is 58.6 Å². The second-order valence-electron chi connectivity index (χ2n) is 1.16. The van der Waals surface area contributed by atoms with Gasteiger partial charge < -0.3 is 9.84 Å². The number of ether oxygens (including phenoxy) is 1. The molecule has 0 unspecified atom stereocenters. The Labute approximate surface area is 47.5 Å². The maximum atomic E-state index is 9.61. The molecule has 0 aromatic carbocycles. The van der Waals surface area contributed by atoms with Crippen molar-refractivity contribution in [3.63, 3.8) is 0 Å².